The Morgan fingerprint density at radius 3 is 2.67 bits per heavy atom. The van der Waals surface area contributed by atoms with Crippen LogP contribution in [0.15, 0.2) is 29.2 Å². The lowest BCUT2D eigenvalue weighted by atomic mass is 9.83. The normalized spacial score (nSPS) is 29.6. The quantitative estimate of drug-likeness (QED) is 0.632. The van der Waals surface area contributed by atoms with Gasteiger partial charge < -0.3 is 24.6 Å². The molecule has 4 saturated heterocycles. The predicted octanol–water partition coefficient (Wildman–Crippen LogP) is 0.382. The van der Waals surface area contributed by atoms with Crippen LogP contribution < -0.4 is 10.5 Å². The van der Waals surface area contributed by atoms with Crippen LogP contribution in [0.1, 0.15) is 37.2 Å². The van der Waals surface area contributed by atoms with E-state index in [0.29, 0.717) is 64.0 Å². The SMILES string of the molecule is NS(=O)(=O)c1ccccc1[C@H]1COC2(CCN(C(=O)N3CCC4OCC(=O)NC4C3)CC2)C1. The third kappa shape index (κ3) is 4.46. The summed E-state index contributed by atoms with van der Waals surface area (Å²) >= 11 is 0. The highest BCUT2D eigenvalue weighted by Crippen LogP contribution is 2.44. The molecular formula is C22H30N4O6S. The number of nitrogens with one attached hydrogen (secondary N) is 1. The van der Waals surface area contributed by atoms with Gasteiger partial charge >= 0.3 is 6.03 Å². The van der Waals surface area contributed by atoms with Crippen molar-refractivity contribution in [1.29, 1.82) is 0 Å². The number of amides is 3. The Kier molecular flexibility index (Phi) is 5.84. The van der Waals surface area contributed by atoms with Gasteiger partial charge in [0.15, 0.2) is 0 Å². The number of likely N-dealkylation sites (tertiary alicyclic amines) is 2. The summed E-state index contributed by atoms with van der Waals surface area (Å²) in [5, 5.41) is 8.35. The molecule has 0 aliphatic carbocycles. The summed E-state index contributed by atoms with van der Waals surface area (Å²) in [6.45, 7) is 2.76. The fourth-order valence-corrected chi connectivity index (χ4v) is 6.48. The molecular weight excluding hydrogens is 448 g/mol. The van der Waals surface area contributed by atoms with Crippen molar-refractivity contribution in [3.63, 3.8) is 0 Å². The molecule has 180 valence electrons. The van der Waals surface area contributed by atoms with E-state index in [-0.39, 0.29) is 47.1 Å². The van der Waals surface area contributed by atoms with E-state index in [1.165, 1.54) is 0 Å². The second-order valence-corrected chi connectivity index (χ2v) is 11.0. The Hall–Kier alpha value is -2.21. The van der Waals surface area contributed by atoms with Gasteiger partial charge in [-0.25, -0.2) is 18.4 Å². The summed E-state index contributed by atoms with van der Waals surface area (Å²) in [5.41, 5.74) is 0.348. The lowest BCUT2D eigenvalue weighted by molar-refractivity contribution is -0.139. The Morgan fingerprint density at radius 1 is 1.15 bits per heavy atom. The largest absolute Gasteiger partial charge is 0.374 e. The first-order valence-electron chi connectivity index (χ1n) is 11.4. The maximum Gasteiger partial charge on any atom is 0.320 e. The van der Waals surface area contributed by atoms with Crippen LogP contribution in [-0.2, 0) is 24.3 Å². The number of ether oxygens (including phenoxy) is 2. The number of carbonyl (C=O) groups is 2. The van der Waals surface area contributed by atoms with Crippen LogP contribution >= 0.6 is 0 Å². The van der Waals surface area contributed by atoms with E-state index >= 15 is 0 Å². The fourth-order valence-electron chi connectivity index (χ4n) is 5.65. The lowest BCUT2D eigenvalue weighted by Gasteiger charge is -2.44. The third-order valence-electron chi connectivity index (χ3n) is 7.41. The zero-order valence-corrected chi connectivity index (χ0v) is 19.3. The Morgan fingerprint density at radius 2 is 1.91 bits per heavy atom. The van der Waals surface area contributed by atoms with E-state index < -0.39 is 10.0 Å². The number of benzene rings is 1. The molecule has 1 aromatic rings. The van der Waals surface area contributed by atoms with Gasteiger partial charge in [0, 0.05) is 32.1 Å². The average molecular weight is 479 g/mol. The molecule has 11 heteroatoms. The number of sulfonamides is 1. The fraction of sp³-hybridized carbons (Fsp3) is 0.636. The van der Waals surface area contributed by atoms with Gasteiger partial charge in [-0.3, -0.25) is 4.79 Å². The van der Waals surface area contributed by atoms with Gasteiger partial charge in [-0.15, -0.1) is 0 Å². The van der Waals surface area contributed by atoms with Crippen molar-refractivity contribution in [3.8, 4) is 0 Å². The standard InChI is InChI=1S/C22H30N4O6S/c23-33(29,30)19-4-2-1-3-16(19)15-11-22(32-13-15)6-9-25(10-7-22)21(28)26-8-5-18-17(12-26)24-20(27)14-31-18/h1-4,15,17-18H,5-14H2,(H,24,27)(H2,23,29,30)/t15-,17?,18?/m1/s1. The topological polar surface area (TPSA) is 131 Å². The highest BCUT2D eigenvalue weighted by atomic mass is 32.2. The number of fused-ring (bicyclic) bond motifs is 1. The number of nitrogens with zero attached hydrogens (tertiary/aromatic N) is 2. The molecule has 0 radical (unpaired) electrons. The minimum atomic E-state index is -3.81. The molecule has 10 nitrogen and oxygen atoms in total. The van der Waals surface area contributed by atoms with Crippen molar-refractivity contribution in [2.75, 3.05) is 39.4 Å². The second kappa shape index (κ2) is 8.53. The van der Waals surface area contributed by atoms with Gasteiger partial charge in [0.1, 0.15) is 6.61 Å². The molecule has 1 aromatic carbocycles. The van der Waals surface area contributed by atoms with Gasteiger partial charge in [-0.05, 0) is 37.3 Å². The Balaban J connectivity index is 1.20. The van der Waals surface area contributed by atoms with Gasteiger partial charge in [0.2, 0.25) is 15.9 Å². The average Bonchev–Trinajstić information content (AvgIpc) is 3.21. The number of hydrogen-bond donors (Lipinski definition) is 2. The summed E-state index contributed by atoms with van der Waals surface area (Å²) < 4.78 is 35.8. The smallest absolute Gasteiger partial charge is 0.320 e. The van der Waals surface area contributed by atoms with Crippen molar-refractivity contribution in [2.45, 2.75) is 54.2 Å². The molecule has 3 atom stereocenters. The van der Waals surface area contributed by atoms with E-state index in [1.54, 1.807) is 17.0 Å². The Labute approximate surface area is 193 Å². The summed E-state index contributed by atoms with van der Waals surface area (Å²) in [6, 6.07) is 6.67. The molecule has 5 rings (SSSR count). The van der Waals surface area contributed by atoms with Crippen LogP contribution in [0.2, 0.25) is 0 Å². The van der Waals surface area contributed by atoms with E-state index in [9.17, 15) is 18.0 Å². The number of carbonyl (C=O) groups excluding carboxylic acids is 2. The summed E-state index contributed by atoms with van der Waals surface area (Å²) in [6.07, 6.45) is 2.79. The molecule has 0 saturated carbocycles. The first-order chi connectivity index (χ1) is 15.7. The summed E-state index contributed by atoms with van der Waals surface area (Å²) in [5.74, 6) is -0.182. The van der Waals surface area contributed by atoms with E-state index in [2.05, 4.69) is 5.32 Å². The third-order valence-corrected chi connectivity index (χ3v) is 8.40. The van der Waals surface area contributed by atoms with Crippen LogP contribution in [0.5, 0.6) is 0 Å². The van der Waals surface area contributed by atoms with Crippen LogP contribution in [0, 0.1) is 0 Å². The molecule has 0 aromatic heterocycles. The number of piperidine rings is 2. The number of hydrogen-bond acceptors (Lipinski definition) is 6. The molecule has 33 heavy (non-hydrogen) atoms. The van der Waals surface area contributed by atoms with Crippen molar-refractivity contribution in [2.24, 2.45) is 5.14 Å². The minimum absolute atomic E-state index is 0.0164. The van der Waals surface area contributed by atoms with E-state index in [4.69, 9.17) is 14.6 Å². The van der Waals surface area contributed by atoms with Crippen molar-refractivity contribution >= 4 is 22.0 Å². The second-order valence-electron chi connectivity index (χ2n) is 9.51. The Bertz CT molecular complexity index is 1040. The molecule has 2 unspecified atom stereocenters. The van der Waals surface area contributed by atoms with Crippen LogP contribution in [0.25, 0.3) is 0 Å². The highest BCUT2D eigenvalue weighted by molar-refractivity contribution is 7.89. The minimum Gasteiger partial charge on any atom is -0.374 e. The molecule has 4 aliphatic rings. The first kappa shape index (κ1) is 22.6. The molecule has 4 aliphatic heterocycles. The highest BCUT2D eigenvalue weighted by Gasteiger charge is 2.45. The number of nitrogens with two attached hydrogens (primary N) is 1. The number of urea groups is 1. The van der Waals surface area contributed by atoms with Crippen LogP contribution in [0.3, 0.4) is 0 Å². The van der Waals surface area contributed by atoms with Crippen molar-refractivity contribution in [1.82, 2.24) is 15.1 Å². The van der Waals surface area contributed by atoms with Gasteiger partial charge in [0.05, 0.1) is 29.2 Å². The molecule has 3 N–H and O–H groups in total. The maximum absolute atomic E-state index is 13.1. The number of morpholine rings is 1. The zero-order chi connectivity index (χ0) is 23.2. The monoisotopic (exact) mass is 478 g/mol. The van der Waals surface area contributed by atoms with Crippen molar-refractivity contribution < 1.29 is 27.5 Å². The molecule has 0 bridgehead atoms. The summed E-state index contributed by atoms with van der Waals surface area (Å²) in [7, 11) is -3.81. The lowest BCUT2D eigenvalue weighted by Crippen LogP contribution is -2.63. The predicted molar refractivity (Wildman–Crippen MR) is 118 cm³/mol. The number of primary sulfonamides is 1. The number of rotatable bonds is 2. The van der Waals surface area contributed by atoms with Crippen molar-refractivity contribution in [3.05, 3.63) is 29.8 Å². The van der Waals surface area contributed by atoms with Crippen LogP contribution in [-0.4, -0.2) is 87.3 Å². The summed E-state index contributed by atoms with van der Waals surface area (Å²) in [4.78, 5) is 28.6. The molecule has 4 fully saturated rings. The van der Waals surface area contributed by atoms with Gasteiger partial charge in [-0.1, -0.05) is 18.2 Å². The van der Waals surface area contributed by atoms with Gasteiger partial charge in [-0.2, -0.15) is 0 Å². The molecule has 1 spiro atoms. The first-order valence-corrected chi connectivity index (χ1v) is 13.0. The zero-order valence-electron chi connectivity index (χ0n) is 18.4. The molecule has 4 heterocycles. The van der Waals surface area contributed by atoms with E-state index in [0.717, 1.165) is 0 Å². The molecule has 3 amide bonds. The van der Waals surface area contributed by atoms with Gasteiger partial charge in [0.25, 0.3) is 0 Å². The van der Waals surface area contributed by atoms with E-state index in [1.807, 2.05) is 17.0 Å². The maximum atomic E-state index is 13.1. The van der Waals surface area contributed by atoms with Crippen LogP contribution in [0.4, 0.5) is 4.79 Å².